The molecule has 160 valence electrons. The highest BCUT2D eigenvalue weighted by molar-refractivity contribution is 5.67. The minimum Gasteiger partial charge on any atom is -0.490 e. The van der Waals surface area contributed by atoms with Crippen molar-refractivity contribution < 1.29 is 19.0 Å². The van der Waals surface area contributed by atoms with Gasteiger partial charge in [-0.2, -0.15) is 0 Å². The van der Waals surface area contributed by atoms with Crippen LogP contribution in [-0.2, 0) is 18.0 Å². The molecule has 1 N–H and O–H groups in total. The standard InChI is InChI=1S/C26H27NO4/c1-2-29-25-18-21(15-16-24(25)30-19-22-10-5-3-6-11-22)14-9-17-27-26(28)31-20-23-12-7-4-8-13-23/h3-16,18H,2,17,19-20H2,1H3,(H,27,28). The van der Waals surface area contributed by atoms with Gasteiger partial charge in [-0.15, -0.1) is 0 Å². The highest BCUT2D eigenvalue weighted by Crippen LogP contribution is 2.29. The molecule has 0 spiro atoms. The van der Waals surface area contributed by atoms with Crippen LogP contribution in [0, 0.1) is 0 Å². The van der Waals surface area contributed by atoms with Gasteiger partial charge < -0.3 is 19.5 Å². The lowest BCUT2D eigenvalue weighted by atomic mass is 10.2. The van der Waals surface area contributed by atoms with Crippen molar-refractivity contribution in [2.75, 3.05) is 13.2 Å². The summed E-state index contributed by atoms with van der Waals surface area (Å²) in [6.45, 7) is 3.58. The Morgan fingerprint density at radius 3 is 2.19 bits per heavy atom. The monoisotopic (exact) mass is 417 g/mol. The molecule has 0 radical (unpaired) electrons. The SMILES string of the molecule is CCOc1cc(C=CCNC(=O)OCc2ccccc2)ccc1OCc1ccccc1. The number of amides is 1. The summed E-state index contributed by atoms with van der Waals surface area (Å²) in [7, 11) is 0. The Balaban J connectivity index is 1.49. The fourth-order valence-electron chi connectivity index (χ4n) is 2.86. The Labute approximate surface area is 183 Å². The van der Waals surface area contributed by atoms with E-state index in [0.717, 1.165) is 16.7 Å². The zero-order chi connectivity index (χ0) is 21.7. The van der Waals surface area contributed by atoms with Crippen LogP contribution in [0.4, 0.5) is 4.79 Å². The highest BCUT2D eigenvalue weighted by Gasteiger charge is 2.06. The second kappa shape index (κ2) is 12.1. The van der Waals surface area contributed by atoms with E-state index in [1.54, 1.807) is 0 Å². The number of rotatable bonds is 10. The molecule has 0 saturated carbocycles. The number of carbonyl (C=O) groups excluding carboxylic acids is 1. The van der Waals surface area contributed by atoms with Crippen LogP contribution in [-0.4, -0.2) is 19.2 Å². The van der Waals surface area contributed by atoms with Gasteiger partial charge in [0.05, 0.1) is 6.61 Å². The lowest BCUT2D eigenvalue weighted by Gasteiger charge is -2.12. The zero-order valence-electron chi connectivity index (χ0n) is 17.6. The quantitative estimate of drug-likeness (QED) is 0.466. The number of carbonyl (C=O) groups is 1. The van der Waals surface area contributed by atoms with Gasteiger partial charge in [-0.3, -0.25) is 0 Å². The maximum atomic E-state index is 11.8. The molecule has 0 saturated heterocycles. The molecule has 0 aromatic heterocycles. The molecule has 3 rings (SSSR count). The summed E-state index contributed by atoms with van der Waals surface area (Å²) >= 11 is 0. The Bertz CT molecular complexity index is 971. The topological polar surface area (TPSA) is 56.8 Å². The third-order valence-electron chi connectivity index (χ3n) is 4.39. The Morgan fingerprint density at radius 1 is 0.839 bits per heavy atom. The van der Waals surface area contributed by atoms with E-state index in [0.29, 0.717) is 31.3 Å². The molecule has 0 aliphatic rings. The summed E-state index contributed by atoms with van der Waals surface area (Å²) in [6, 6.07) is 25.3. The van der Waals surface area contributed by atoms with Gasteiger partial charge in [0, 0.05) is 6.54 Å². The van der Waals surface area contributed by atoms with Crippen molar-refractivity contribution in [1.82, 2.24) is 5.32 Å². The third-order valence-corrected chi connectivity index (χ3v) is 4.39. The molecule has 3 aromatic rings. The van der Waals surface area contributed by atoms with Crippen LogP contribution >= 0.6 is 0 Å². The van der Waals surface area contributed by atoms with Crippen molar-refractivity contribution in [1.29, 1.82) is 0 Å². The summed E-state index contributed by atoms with van der Waals surface area (Å²) in [6.07, 6.45) is 3.33. The first kappa shape index (κ1) is 22.0. The van der Waals surface area contributed by atoms with Gasteiger partial charge >= 0.3 is 6.09 Å². The van der Waals surface area contributed by atoms with Crippen molar-refractivity contribution in [3.8, 4) is 11.5 Å². The van der Waals surface area contributed by atoms with Gasteiger partial charge in [0.25, 0.3) is 0 Å². The van der Waals surface area contributed by atoms with Crippen LogP contribution in [0.1, 0.15) is 23.6 Å². The fourth-order valence-corrected chi connectivity index (χ4v) is 2.86. The summed E-state index contributed by atoms with van der Waals surface area (Å²) < 4.78 is 16.9. The average Bonchev–Trinajstić information content (AvgIpc) is 2.81. The second-order valence-electron chi connectivity index (χ2n) is 6.76. The molecule has 0 heterocycles. The lowest BCUT2D eigenvalue weighted by Crippen LogP contribution is -2.24. The largest absolute Gasteiger partial charge is 0.490 e. The predicted octanol–water partition coefficient (Wildman–Crippen LogP) is 5.60. The van der Waals surface area contributed by atoms with E-state index in [2.05, 4.69) is 5.32 Å². The van der Waals surface area contributed by atoms with Crippen molar-refractivity contribution in [3.63, 3.8) is 0 Å². The van der Waals surface area contributed by atoms with Crippen LogP contribution in [0.15, 0.2) is 84.9 Å². The van der Waals surface area contributed by atoms with Crippen molar-refractivity contribution in [2.24, 2.45) is 0 Å². The van der Waals surface area contributed by atoms with Crippen molar-refractivity contribution >= 4 is 12.2 Å². The molecule has 1 amide bonds. The summed E-state index contributed by atoms with van der Waals surface area (Å²) in [5, 5.41) is 2.71. The van der Waals surface area contributed by atoms with E-state index in [4.69, 9.17) is 14.2 Å². The first-order valence-corrected chi connectivity index (χ1v) is 10.3. The van der Waals surface area contributed by atoms with E-state index in [-0.39, 0.29) is 6.61 Å². The van der Waals surface area contributed by atoms with Crippen molar-refractivity contribution in [3.05, 3.63) is 102 Å². The Kier molecular flexibility index (Phi) is 8.56. The predicted molar refractivity (Wildman–Crippen MR) is 122 cm³/mol. The minimum absolute atomic E-state index is 0.249. The van der Waals surface area contributed by atoms with Crippen LogP contribution in [0.5, 0.6) is 11.5 Å². The van der Waals surface area contributed by atoms with Crippen molar-refractivity contribution in [2.45, 2.75) is 20.1 Å². The van der Waals surface area contributed by atoms with Gasteiger partial charge in [-0.1, -0.05) is 78.9 Å². The normalized spacial score (nSPS) is 10.6. The minimum atomic E-state index is -0.451. The van der Waals surface area contributed by atoms with Crippen LogP contribution in [0.2, 0.25) is 0 Å². The van der Waals surface area contributed by atoms with E-state index in [9.17, 15) is 4.79 Å². The number of ether oxygens (including phenoxy) is 3. The number of hydrogen-bond donors (Lipinski definition) is 1. The first-order valence-electron chi connectivity index (χ1n) is 10.3. The Morgan fingerprint density at radius 2 is 1.52 bits per heavy atom. The van der Waals surface area contributed by atoms with Gasteiger partial charge in [0.15, 0.2) is 11.5 Å². The molecule has 3 aromatic carbocycles. The summed E-state index contributed by atoms with van der Waals surface area (Å²) in [4.78, 5) is 11.8. The van der Waals surface area contributed by atoms with E-state index in [1.807, 2.05) is 97.9 Å². The van der Waals surface area contributed by atoms with Gasteiger partial charge in [0.2, 0.25) is 0 Å². The lowest BCUT2D eigenvalue weighted by molar-refractivity contribution is 0.141. The molecule has 0 bridgehead atoms. The van der Waals surface area contributed by atoms with Gasteiger partial charge in [-0.25, -0.2) is 4.79 Å². The third kappa shape index (κ3) is 7.55. The molecule has 5 nitrogen and oxygen atoms in total. The average molecular weight is 418 g/mol. The van der Waals surface area contributed by atoms with Gasteiger partial charge in [-0.05, 0) is 35.7 Å². The molecule has 0 aliphatic heterocycles. The fraction of sp³-hybridized carbons (Fsp3) is 0.192. The Hall–Kier alpha value is -3.73. The number of benzene rings is 3. The molecule has 0 aliphatic carbocycles. The number of alkyl carbamates (subject to hydrolysis) is 1. The summed E-state index contributed by atoms with van der Waals surface area (Å²) in [5.74, 6) is 1.39. The number of nitrogens with one attached hydrogen (secondary N) is 1. The maximum absolute atomic E-state index is 11.8. The van der Waals surface area contributed by atoms with Crippen LogP contribution in [0.3, 0.4) is 0 Å². The van der Waals surface area contributed by atoms with E-state index in [1.165, 1.54) is 0 Å². The number of hydrogen-bond acceptors (Lipinski definition) is 4. The highest BCUT2D eigenvalue weighted by atomic mass is 16.5. The van der Waals surface area contributed by atoms with E-state index >= 15 is 0 Å². The molecule has 0 atom stereocenters. The maximum Gasteiger partial charge on any atom is 0.407 e. The molecule has 5 heteroatoms. The van der Waals surface area contributed by atoms with Gasteiger partial charge in [0.1, 0.15) is 13.2 Å². The van der Waals surface area contributed by atoms with Crippen LogP contribution < -0.4 is 14.8 Å². The second-order valence-corrected chi connectivity index (χ2v) is 6.76. The summed E-state index contributed by atoms with van der Waals surface area (Å²) in [5.41, 5.74) is 3.00. The smallest absolute Gasteiger partial charge is 0.407 e. The molecular weight excluding hydrogens is 390 g/mol. The first-order chi connectivity index (χ1) is 15.2. The molecule has 0 fully saturated rings. The zero-order valence-corrected chi connectivity index (χ0v) is 17.6. The van der Waals surface area contributed by atoms with E-state index < -0.39 is 6.09 Å². The molecule has 0 unspecified atom stereocenters. The molecular formula is C26H27NO4. The van der Waals surface area contributed by atoms with Crippen LogP contribution in [0.25, 0.3) is 6.08 Å². The molecule has 31 heavy (non-hydrogen) atoms.